The Kier molecular flexibility index (Phi) is 4.54. The quantitative estimate of drug-likeness (QED) is 0.884. The van der Waals surface area contributed by atoms with E-state index in [0.29, 0.717) is 0 Å². The van der Waals surface area contributed by atoms with Crippen LogP contribution in [0.3, 0.4) is 0 Å². The predicted molar refractivity (Wildman–Crippen MR) is 78.2 cm³/mol. The van der Waals surface area contributed by atoms with E-state index in [9.17, 15) is 0 Å². The minimum atomic E-state index is 0.185. The van der Waals surface area contributed by atoms with Gasteiger partial charge in [-0.15, -0.1) is 0 Å². The van der Waals surface area contributed by atoms with E-state index in [0.717, 1.165) is 24.6 Å². The zero-order valence-corrected chi connectivity index (χ0v) is 12.0. The number of benzene rings is 1. The van der Waals surface area contributed by atoms with Gasteiger partial charge in [0, 0.05) is 24.4 Å². The molecule has 1 atom stereocenters. The standard InChI is InChI=1S/C14H22N2OS/c1-16(14(10-15)7-8-18-11-14)9-12-3-5-13(17-2)6-4-12/h3-6H,7-11,15H2,1-2H3. The lowest BCUT2D eigenvalue weighted by Gasteiger charge is -2.37. The molecule has 1 fully saturated rings. The molecule has 1 aliphatic rings. The minimum Gasteiger partial charge on any atom is -0.497 e. The van der Waals surface area contributed by atoms with E-state index < -0.39 is 0 Å². The molecule has 0 amide bonds. The Morgan fingerprint density at radius 3 is 2.61 bits per heavy atom. The minimum absolute atomic E-state index is 0.185. The van der Waals surface area contributed by atoms with Gasteiger partial charge in [0.05, 0.1) is 7.11 Å². The van der Waals surface area contributed by atoms with Gasteiger partial charge in [0.1, 0.15) is 5.75 Å². The largest absolute Gasteiger partial charge is 0.497 e. The van der Waals surface area contributed by atoms with Gasteiger partial charge in [0.25, 0.3) is 0 Å². The van der Waals surface area contributed by atoms with Crippen molar-refractivity contribution in [3.05, 3.63) is 29.8 Å². The number of hydrogen-bond donors (Lipinski definition) is 1. The Morgan fingerprint density at radius 2 is 2.11 bits per heavy atom. The summed E-state index contributed by atoms with van der Waals surface area (Å²) in [6, 6.07) is 8.28. The third kappa shape index (κ3) is 2.82. The average molecular weight is 266 g/mol. The van der Waals surface area contributed by atoms with Crippen molar-refractivity contribution in [1.82, 2.24) is 4.90 Å². The SMILES string of the molecule is COc1ccc(CN(C)C2(CN)CCSC2)cc1. The zero-order valence-electron chi connectivity index (χ0n) is 11.2. The Balaban J connectivity index is 2.03. The van der Waals surface area contributed by atoms with Crippen molar-refractivity contribution in [2.75, 3.05) is 32.2 Å². The summed E-state index contributed by atoms with van der Waals surface area (Å²) in [5, 5.41) is 0. The smallest absolute Gasteiger partial charge is 0.118 e. The second-order valence-corrected chi connectivity index (χ2v) is 6.04. The van der Waals surface area contributed by atoms with Crippen molar-refractivity contribution in [3.63, 3.8) is 0 Å². The summed E-state index contributed by atoms with van der Waals surface area (Å²) < 4.78 is 5.18. The molecule has 1 unspecified atom stereocenters. The number of likely N-dealkylation sites (N-methyl/N-ethyl adjacent to an activating group) is 1. The number of nitrogens with two attached hydrogens (primary N) is 1. The van der Waals surface area contributed by atoms with Crippen LogP contribution in [0.2, 0.25) is 0 Å². The topological polar surface area (TPSA) is 38.5 Å². The first kappa shape index (κ1) is 13.7. The predicted octanol–water partition coefficient (Wildman–Crippen LogP) is 1.96. The van der Waals surface area contributed by atoms with Gasteiger partial charge in [-0.2, -0.15) is 11.8 Å². The molecule has 1 aromatic rings. The number of rotatable bonds is 5. The van der Waals surface area contributed by atoms with Crippen LogP contribution >= 0.6 is 11.8 Å². The Labute approximate surface area is 114 Å². The summed E-state index contributed by atoms with van der Waals surface area (Å²) in [4.78, 5) is 2.41. The van der Waals surface area contributed by atoms with Crippen molar-refractivity contribution in [2.24, 2.45) is 5.73 Å². The Hall–Kier alpha value is -0.710. The average Bonchev–Trinajstić information content (AvgIpc) is 2.89. The van der Waals surface area contributed by atoms with Crippen molar-refractivity contribution >= 4 is 11.8 Å². The molecule has 0 radical (unpaired) electrons. The molecular weight excluding hydrogens is 244 g/mol. The van der Waals surface area contributed by atoms with Crippen LogP contribution < -0.4 is 10.5 Å². The summed E-state index contributed by atoms with van der Waals surface area (Å²) in [5.41, 5.74) is 7.49. The second kappa shape index (κ2) is 5.95. The van der Waals surface area contributed by atoms with Crippen LogP contribution in [0.5, 0.6) is 5.75 Å². The van der Waals surface area contributed by atoms with Crippen LogP contribution in [-0.2, 0) is 6.54 Å². The zero-order chi connectivity index (χ0) is 13.0. The molecular formula is C14H22N2OS. The van der Waals surface area contributed by atoms with Gasteiger partial charge in [-0.3, -0.25) is 4.90 Å². The van der Waals surface area contributed by atoms with Gasteiger partial charge in [-0.25, -0.2) is 0 Å². The molecule has 0 saturated carbocycles. The van der Waals surface area contributed by atoms with Gasteiger partial charge in [-0.05, 0) is 36.9 Å². The third-order valence-electron chi connectivity index (χ3n) is 3.85. The van der Waals surface area contributed by atoms with E-state index >= 15 is 0 Å². The van der Waals surface area contributed by atoms with Gasteiger partial charge in [0.2, 0.25) is 0 Å². The molecule has 2 N–H and O–H groups in total. The first-order valence-electron chi connectivity index (χ1n) is 6.32. The summed E-state index contributed by atoms with van der Waals surface area (Å²) in [6.07, 6.45) is 1.20. The van der Waals surface area contributed by atoms with E-state index in [-0.39, 0.29) is 5.54 Å². The maximum atomic E-state index is 5.99. The molecule has 0 aliphatic carbocycles. The summed E-state index contributed by atoms with van der Waals surface area (Å²) in [5.74, 6) is 3.28. The molecule has 0 bridgehead atoms. The molecule has 0 aromatic heterocycles. The van der Waals surface area contributed by atoms with Crippen molar-refractivity contribution in [3.8, 4) is 5.75 Å². The number of hydrogen-bond acceptors (Lipinski definition) is 4. The van der Waals surface area contributed by atoms with Crippen LogP contribution in [-0.4, -0.2) is 42.6 Å². The maximum Gasteiger partial charge on any atom is 0.118 e. The van der Waals surface area contributed by atoms with E-state index in [1.165, 1.54) is 17.7 Å². The van der Waals surface area contributed by atoms with Crippen molar-refractivity contribution in [2.45, 2.75) is 18.5 Å². The molecule has 0 spiro atoms. The van der Waals surface area contributed by atoms with Crippen molar-refractivity contribution in [1.29, 1.82) is 0 Å². The van der Waals surface area contributed by atoms with E-state index in [1.54, 1.807) is 7.11 Å². The molecule has 1 aliphatic heterocycles. The highest BCUT2D eigenvalue weighted by Gasteiger charge is 2.36. The van der Waals surface area contributed by atoms with E-state index in [1.807, 2.05) is 23.9 Å². The van der Waals surface area contributed by atoms with Gasteiger partial charge in [0.15, 0.2) is 0 Å². The molecule has 3 nitrogen and oxygen atoms in total. The van der Waals surface area contributed by atoms with Gasteiger partial charge < -0.3 is 10.5 Å². The second-order valence-electron chi connectivity index (χ2n) is 4.94. The highest BCUT2D eigenvalue weighted by molar-refractivity contribution is 7.99. The molecule has 2 rings (SSSR count). The van der Waals surface area contributed by atoms with E-state index in [2.05, 4.69) is 24.1 Å². The molecule has 4 heteroatoms. The van der Waals surface area contributed by atoms with Crippen molar-refractivity contribution < 1.29 is 4.74 Å². The van der Waals surface area contributed by atoms with E-state index in [4.69, 9.17) is 10.5 Å². The van der Waals surface area contributed by atoms with Crippen LogP contribution in [0, 0.1) is 0 Å². The van der Waals surface area contributed by atoms with Gasteiger partial charge in [-0.1, -0.05) is 12.1 Å². The van der Waals surface area contributed by atoms with Crippen LogP contribution in [0.15, 0.2) is 24.3 Å². The fourth-order valence-electron chi connectivity index (χ4n) is 2.39. The number of methoxy groups -OCH3 is 1. The maximum absolute atomic E-state index is 5.99. The third-order valence-corrected chi connectivity index (χ3v) is 5.09. The lowest BCUT2D eigenvalue weighted by Crippen LogP contribution is -2.51. The highest BCUT2D eigenvalue weighted by atomic mass is 32.2. The van der Waals surface area contributed by atoms with Gasteiger partial charge >= 0.3 is 0 Å². The number of ether oxygens (including phenoxy) is 1. The fourth-order valence-corrected chi connectivity index (χ4v) is 3.92. The molecule has 1 aromatic carbocycles. The fraction of sp³-hybridized carbons (Fsp3) is 0.571. The van der Waals surface area contributed by atoms with Crippen LogP contribution in [0.4, 0.5) is 0 Å². The first-order valence-corrected chi connectivity index (χ1v) is 7.48. The van der Waals surface area contributed by atoms with Crippen LogP contribution in [0.25, 0.3) is 0 Å². The Morgan fingerprint density at radius 1 is 1.39 bits per heavy atom. The molecule has 100 valence electrons. The highest BCUT2D eigenvalue weighted by Crippen LogP contribution is 2.32. The molecule has 1 saturated heterocycles. The number of nitrogens with zero attached hydrogens (tertiary/aromatic N) is 1. The number of thioether (sulfide) groups is 1. The Bertz CT molecular complexity index is 374. The first-order chi connectivity index (χ1) is 8.70. The molecule has 1 heterocycles. The monoisotopic (exact) mass is 266 g/mol. The summed E-state index contributed by atoms with van der Waals surface area (Å²) in [6.45, 7) is 1.69. The lowest BCUT2D eigenvalue weighted by molar-refractivity contribution is 0.143. The summed E-state index contributed by atoms with van der Waals surface area (Å²) in [7, 11) is 3.88. The molecule has 18 heavy (non-hydrogen) atoms. The van der Waals surface area contributed by atoms with Crippen LogP contribution in [0.1, 0.15) is 12.0 Å². The lowest BCUT2D eigenvalue weighted by atomic mass is 9.96. The summed E-state index contributed by atoms with van der Waals surface area (Å²) >= 11 is 2.01. The normalized spacial score (nSPS) is 23.6.